The van der Waals surface area contributed by atoms with Gasteiger partial charge in [0.05, 0.1) is 28.2 Å². The van der Waals surface area contributed by atoms with Crippen molar-refractivity contribution in [3.63, 3.8) is 0 Å². The summed E-state index contributed by atoms with van der Waals surface area (Å²) < 4.78 is 5.23. The highest BCUT2D eigenvalue weighted by Gasteiger charge is 2.11. The smallest absolute Gasteiger partial charge is 0.374 e. The Morgan fingerprint density at radius 1 is 1.60 bits per heavy atom. The molecule has 0 aliphatic heterocycles. The molecule has 2 aromatic heterocycles. The molecule has 2 heterocycles. The van der Waals surface area contributed by atoms with Crippen LogP contribution in [0.15, 0.2) is 18.3 Å². The van der Waals surface area contributed by atoms with Gasteiger partial charge in [0.25, 0.3) is 0 Å². The van der Waals surface area contributed by atoms with E-state index in [1.54, 1.807) is 12.3 Å². The number of imidazole rings is 1. The van der Waals surface area contributed by atoms with Gasteiger partial charge in [-0.3, -0.25) is 0 Å². The second-order valence-corrected chi connectivity index (χ2v) is 4.46. The number of aromatic amines is 1. The van der Waals surface area contributed by atoms with Crippen LogP contribution in [0.2, 0.25) is 4.34 Å². The van der Waals surface area contributed by atoms with Gasteiger partial charge in [-0.05, 0) is 12.1 Å². The maximum Gasteiger partial charge on any atom is 0.374 e. The number of nitrogens with zero attached hydrogens (tertiary/aromatic N) is 1. The normalized spacial score (nSPS) is 10.3. The largest absolute Gasteiger partial charge is 0.463 e. The van der Waals surface area contributed by atoms with Gasteiger partial charge in [0.2, 0.25) is 5.82 Å². The van der Waals surface area contributed by atoms with E-state index in [9.17, 15) is 4.79 Å². The second kappa shape index (κ2) is 4.04. The number of halogens is 1. The van der Waals surface area contributed by atoms with Crippen molar-refractivity contribution in [3.8, 4) is 10.6 Å². The number of ether oxygens (including phenoxy) is 1. The van der Waals surface area contributed by atoms with Gasteiger partial charge >= 0.3 is 5.97 Å². The summed E-state index contributed by atoms with van der Waals surface area (Å²) in [5.41, 5.74) is 0.757. The van der Waals surface area contributed by atoms with E-state index in [2.05, 4.69) is 14.7 Å². The van der Waals surface area contributed by atoms with E-state index >= 15 is 0 Å². The fourth-order valence-corrected chi connectivity index (χ4v) is 2.11. The molecular formula is C9H7ClN2O2S. The van der Waals surface area contributed by atoms with E-state index in [1.165, 1.54) is 18.4 Å². The Kier molecular flexibility index (Phi) is 2.75. The van der Waals surface area contributed by atoms with Gasteiger partial charge in [-0.15, -0.1) is 11.3 Å². The Bertz CT molecular complexity index is 492. The molecule has 0 fully saturated rings. The number of hydrogen-bond donors (Lipinski definition) is 1. The first-order valence-electron chi connectivity index (χ1n) is 4.09. The number of hydrogen-bond acceptors (Lipinski definition) is 4. The van der Waals surface area contributed by atoms with Crippen LogP contribution in [0.25, 0.3) is 10.6 Å². The van der Waals surface area contributed by atoms with Crippen molar-refractivity contribution >= 4 is 28.9 Å². The lowest BCUT2D eigenvalue weighted by Crippen LogP contribution is -2.02. The van der Waals surface area contributed by atoms with Crippen molar-refractivity contribution in [2.45, 2.75) is 0 Å². The van der Waals surface area contributed by atoms with Crippen LogP contribution in [0.5, 0.6) is 0 Å². The molecule has 0 saturated heterocycles. The van der Waals surface area contributed by atoms with Crippen LogP contribution in [0, 0.1) is 0 Å². The van der Waals surface area contributed by atoms with Gasteiger partial charge in [0.1, 0.15) is 0 Å². The van der Waals surface area contributed by atoms with E-state index in [4.69, 9.17) is 11.6 Å². The van der Waals surface area contributed by atoms with Gasteiger partial charge < -0.3 is 9.72 Å². The van der Waals surface area contributed by atoms with Crippen LogP contribution < -0.4 is 0 Å². The summed E-state index contributed by atoms with van der Waals surface area (Å²) in [6.07, 6.45) is 1.58. The van der Waals surface area contributed by atoms with Gasteiger partial charge in [-0.25, -0.2) is 9.78 Å². The first-order chi connectivity index (χ1) is 7.20. The fraction of sp³-hybridized carbons (Fsp3) is 0.111. The zero-order chi connectivity index (χ0) is 10.8. The summed E-state index contributed by atoms with van der Waals surface area (Å²) >= 11 is 7.22. The second-order valence-electron chi connectivity index (χ2n) is 2.74. The molecule has 0 unspecified atom stereocenters. The third kappa shape index (κ3) is 2.03. The van der Waals surface area contributed by atoms with E-state index in [0.29, 0.717) is 4.34 Å². The average Bonchev–Trinajstić information content (AvgIpc) is 2.84. The molecule has 2 aromatic rings. The Morgan fingerprint density at radius 2 is 2.40 bits per heavy atom. The minimum absolute atomic E-state index is 0.192. The van der Waals surface area contributed by atoms with Gasteiger partial charge in [-0.1, -0.05) is 11.6 Å². The monoisotopic (exact) mass is 242 g/mol. The van der Waals surface area contributed by atoms with Crippen LogP contribution in [0.3, 0.4) is 0 Å². The molecule has 0 bridgehead atoms. The number of thiophene rings is 1. The van der Waals surface area contributed by atoms with Crippen molar-refractivity contribution in [2.75, 3.05) is 7.11 Å². The van der Waals surface area contributed by atoms with Gasteiger partial charge in [-0.2, -0.15) is 0 Å². The first-order valence-corrected chi connectivity index (χ1v) is 5.29. The summed E-state index contributed by atoms with van der Waals surface area (Å²) in [4.78, 5) is 18.8. The topological polar surface area (TPSA) is 55.0 Å². The molecular weight excluding hydrogens is 236 g/mol. The summed E-state index contributed by atoms with van der Waals surface area (Å²) in [6, 6.07) is 3.65. The van der Waals surface area contributed by atoms with E-state index < -0.39 is 5.97 Å². The minimum Gasteiger partial charge on any atom is -0.463 e. The van der Waals surface area contributed by atoms with Crippen LogP contribution in [0.1, 0.15) is 10.6 Å². The molecule has 0 aliphatic carbocycles. The average molecular weight is 243 g/mol. The van der Waals surface area contributed by atoms with E-state index in [1.807, 2.05) is 6.07 Å². The summed E-state index contributed by atoms with van der Waals surface area (Å²) in [5.74, 6) is -0.291. The zero-order valence-corrected chi connectivity index (χ0v) is 9.35. The van der Waals surface area contributed by atoms with Gasteiger partial charge in [0, 0.05) is 0 Å². The Morgan fingerprint density at radius 3 is 3.00 bits per heavy atom. The third-order valence-corrected chi connectivity index (χ3v) is 3.06. The quantitative estimate of drug-likeness (QED) is 0.824. The summed E-state index contributed by atoms with van der Waals surface area (Å²) in [6.45, 7) is 0. The Hall–Kier alpha value is -1.33. The molecule has 4 nitrogen and oxygen atoms in total. The van der Waals surface area contributed by atoms with Crippen molar-refractivity contribution < 1.29 is 9.53 Å². The number of nitrogens with one attached hydrogen (secondary N) is 1. The molecule has 2 rings (SSSR count). The Labute approximate surface area is 94.9 Å². The predicted molar refractivity (Wildman–Crippen MR) is 58.3 cm³/mol. The van der Waals surface area contributed by atoms with Gasteiger partial charge in [0.15, 0.2) is 0 Å². The molecule has 1 N–H and O–H groups in total. The Balaban J connectivity index is 2.31. The molecule has 0 aliphatic rings. The fourth-order valence-electron chi connectivity index (χ4n) is 1.11. The lowest BCUT2D eigenvalue weighted by molar-refractivity contribution is 0.0588. The first kappa shape index (κ1) is 10.2. The molecule has 0 aromatic carbocycles. The molecule has 0 radical (unpaired) electrons. The number of carbonyl (C=O) groups excluding carboxylic acids is 1. The molecule has 0 amide bonds. The number of methoxy groups -OCH3 is 1. The molecule has 15 heavy (non-hydrogen) atoms. The maximum absolute atomic E-state index is 11.1. The maximum atomic E-state index is 11.1. The summed E-state index contributed by atoms with van der Waals surface area (Å²) in [7, 11) is 1.31. The highest BCUT2D eigenvalue weighted by atomic mass is 35.5. The minimum atomic E-state index is -0.482. The van der Waals surface area contributed by atoms with Crippen molar-refractivity contribution in [1.82, 2.24) is 9.97 Å². The highest BCUT2D eigenvalue weighted by Crippen LogP contribution is 2.29. The number of H-pyrrole nitrogens is 1. The molecule has 6 heteroatoms. The van der Waals surface area contributed by atoms with E-state index in [0.717, 1.165) is 10.6 Å². The lowest BCUT2D eigenvalue weighted by atomic mass is 10.4. The predicted octanol–water partition coefficient (Wildman–Crippen LogP) is 2.58. The lowest BCUT2D eigenvalue weighted by Gasteiger charge is -1.92. The molecule has 78 valence electrons. The number of rotatable bonds is 2. The van der Waals surface area contributed by atoms with Crippen LogP contribution in [-0.4, -0.2) is 23.0 Å². The van der Waals surface area contributed by atoms with Crippen LogP contribution in [-0.2, 0) is 4.74 Å². The third-order valence-electron chi connectivity index (χ3n) is 1.79. The molecule has 0 saturated carbocycles. The molecule has 0 spiro atoms. The van der Waals surface area contributed by atoms with Crippen LogP contribution in [0.4, 0.5) is 0 Å². The number of carbonyl (C=O) groups is 1. The highest BCUT2D eigenvalue weighted by molar-refractivity contribution is 7.19. The summed E-state index contributed by atoms with van der Waals surface area (Å²) in [5, 5.41) is 0. The standard InChI is InChI=1S/C9H7ClN2O2S/c1-14-9(13)8-11-4-5(12-8)6-2-3-7(10)15-6/h2-4H,1H3,(H,11,12). The van der Waals surface area contributed by atoms with Crippen molar-refractivity contribution in [3.05, 3.63) is 28.5 Å². The number of esters is 1. The van der Waals surface area contributed by atoms with Crippen molar-refractivity contribution in [2.24, 2.45) is 0 Å². The van der Waals surface area contributed by atoms with E-state index in [-0.39, 0.29) is 5.82 Å². The SMILES string of the molecule is COC(=O)c1ncc(-c2ccc(Cl)s2)[nH]1. The van der Waals surface area contributed by atoms with Crippen LogP contribution >= 0.6 is 22.9 Å². The molecule has 0 atom stereocenters. The number of aromatic nitrogens is 2. The van der Waals surface area contributed by atoms with Crippen molar-refractivity contribution in [1.29, 1.82) is 0 Å². The zero-order valence-electron chi connectivity index (χ0n) is 7.78.